The quantitative estimate of drug-likeness (QED) is 0.706. The molecule has 0 spiro atoms. The second kappa shape index (κ2) is 4.72. The number of fused-ring (bicyclic) bond motifs is 1. The molecule has 0 aliphatic rings. The van der Waals surface area contributed by atoms with Crippen molar-refractivity contribution >= 4 is 44.1 Å². The summed E-state index contributed by atoms with van der Waals surface area (Å²) in [4.78, 5) is 11.5. The van der Waals surface area contributed by atoms with E-state index in [4.69, 9.17) is 10.2 Å². The van der Waals surface area contributed by atoms with Gasteiger partial charge in [-0.2, -0.15) is 0 Å². The number of nitrogens with zero attached hydrogens (tertiary/aromatic N) is 1. The van der Waals surface area contributed by atoms with E-state index in [0.29, 0.717) is 11.3 Å². The maximum absolute atomic E-state index is 11.5. The largest absolute Gasteiger partial charge is 0.419 e. The number of rotatable bonds is 2. The molecule has 1 heterocycles. The molecular weight excluding hydrogens is 322 g/mol. The molecule has 3 N–H and O–H groups in total. The number of halogens is 1. The standard InChI is InChI=1S/C14H12BrN3O2/c1-18-12-7-9(3-5-13(12)20-14(18)19)17-11-4-2-8(15)6-10(11)16/h2-7,17H,16H2,1H3. The minimum atomic E-state index is -0.375. The zero-order valence-corrected chi connectivity index (χ0v) is 12.3. The summed E-state index contributed by atoms with van der Waals surface area (Å²) >= 11 is 3.37. The summed E-state index contributed by atoms with van der Waals surface area (Å²) in [6, 6.07) is 11.1. The van der Waals surface area contributed by atoms with Crippen LogP contribution >= 0.6 is 15.9 Å². The summed E-state index contributed by atoms with van der Waals surface area (Å²) in [5.41, 5.74) is 9.53. The molecule has 0 atom stereocenters. The first-order chi connectivity index (χ1) is 9.54. The van der Waals surface area contributed by atoms with Crippen LogP contribution in [-0.4, -0.2) is 4.57 Å². The van der Waals surface area contributed by atoms with Gasteiger partial charge in [-0.25, -0.2) is 4.79 Å². The lowest BCUT2D eigenvalue weighted by Gasteiger charge is -2.09. The Balaban J connectivity index is 2.02. The van der Waals surface area contributed by atoms with E-state index in [2.05, 4.69) is 21.2 Å². The van der Waals surface area contributed by atoms with Gasteiger partial charge in [-0.05, 0) is 36.4 Å². The van der Waals surface area contributed by atoms with Crippen LogP contribution in [0.5, 0.6) is 0 Å². The third-order valence-electron chi connectivity index (χ3n) is 3.08. The summed E-state index contributed by atoms with van der Waals surface area (Å²) in [7, 11) is 1.67. The fraction of sp³-hybridized carbons (Fsp3) is 0.0714. The zero-order valence-electron chi connectivity index (χ0n) is 10.7. The van der Waals surface area contributed by atoms with Gasteiger partial charge in [0.05, 0.1) is 16.9 Å². The molecule has 0 fully saturated rings. The van der Waals surface area contributed by atoms with E-state index in [-0.39, 0.29) is 5.76 Å². The van der Waals surface area contributed by atoms with Gasteiger partial charge >= 0.3 is 5.76 Å². The van der Waals surface area contributed by atoms with Crippen molar-refractivity contribution in [1.82, 2.24) is 4.57 Å². The van der Waals surface area contributed by atoms with Crippen molar-refractivity contribution in [2.24, 2.45) is 7.05 Å². The Kier molecular flexibility index (Phi) is 3.02. The van der Waals surface area contributed by atoms with Crippen LogP contribution in [0.4, 0.5) is 17.1 Å². The molecule has 102 valence electrons. The molecule has 3 aromatic rings. The second-order valence-electron chi connectivity index (χ2n) is 4.47. The Bertz CT molecular complexity index is 851. The minimum absolute atomic E-state index is 0.375. The molecule has 6 heteroatoms. The second-order valence-corrected chi connectivity index (χ2v) is 5.38. The Morgan fingerprint density at radius 3 is 2.80 bits per heavy atom. The van der Waals surface area contributed by atoms with Crippen molar-refractivity contribution in [3.8, 4) is 0 Å². The maximum atomic E-state index is 11.5. The molecule has 0 bridgehead atoms. The first-order valence-electron chi connectivity index (χ1n) is 5.96. The van der Waals surface area contributed by atoms with E-state index in [0.717, 1.165) is 21.4 Å². The van der Waals surface area contributed by atoms with Gasteiger partial charge in [0.15, 0.2) is 5.58 Å². The topological polar surface area (TPSA) is 73.2 Å². The van der Waals surface area contributed by atoms with E-state index in [1.165, 1.54) is 4.57 Å². The number of oxazole rings is 1. The molecule has 0 saturated heterocycles. The summed E-state index contributed by atoms with van der Waals surface area (Å²) in [6.45, 7) is 0. The predicted octanol–water partition coefficient (Wildman–Crippen LogP) is 3.22. The number of aromatic nitrogens is 1. The van der Waals surface area contributed by atoms with Crippen LogP contribution in [0.25, 0.3) is 11.1 Å². The number of nitrogens with two attached hydrogens (primary N) is 1. The molecule has 0 saturated carbocycles. The SMILES string of the molecule is Cn1c(=O)oc2ccc(Nc3ccc(Br)cc3N)cc21. The van der Waals surface area contributed by atoms with E-state index in [9.17, 15) is 4.79 Å². The van der Waals surface area contributed by atoms with Gasteiger partial charge in [-0.1, -0.05) is 15.9 Å². The van der Waals surface area contributed by atoms with Crippen LogP contribution in [0.3, 0.4) is 0 Å². The molecule has 1 aromatic heterocycles. The molecular formula is C14H12BrN3O2. The summed E-state index contributed by atoms with van der Waals surface area (Å²) < 4.78 is 7.48. The summed E-state index contributed by atoms with van der Waals surface area (Å²) in [5, 5.41) is 3.23. The highest BCUT2D eigenvalue weighted by Crippen LogP contribution is 2.27. The Morgan fingerprint density at radius 1 is 1.25 bits per heavy atom. The van der Waals surface area contributed by atoms with Crippen LogP contribution < -0.4 is 16.8 Å². The van der Waals surface area contributed by atoms with Crippen LogP contribution in [0.1, 0.15) is 0 Å². The number of benzene rings is 2. The van der Waals surface area contributed by atoms with E-state index < -0.39 is 0 Å². The van der Waals surface area contributed by atoms with Crippen LogP contribution in [0.2, 0.25) is 0 Å². The average Bonchev–Trinajstić information content (AvgIpc) is 2.69. The number of nitrogen functional groups attached to an aromatic ring is 1. The lowest BCUT2D eigenvalue weighted by atomic mass is 10.2. The highest BCUT2D eigenvalue weighted by molar-refractivity contribution is 9.10. The highest BCUT2D eigenvalue weighted by atomic mass is 79.9. The predicted molar refractivity (Wildman–Crippen MR) is 83.3 cm³/mol. The maximum Gasteiger partial charge on any atom is 0.419 e. The molecule has 0 radical (unpaired) electrons. The highest BCUT2D eigenvalue weighted by Gasteiger charge is 2.07. The van der Waals surface area contributed by atoms with E-state index in [1.54, 1.807) is 13.1 Å². The van der Waals surface area contributed by atoms with Crippen molar-refractivity contribution < 1.29 is 4.42 Å². The Hall–Kier alpha value is -2.21. The lowest BCUT2D eigenvalue weighted by molar-refractivity contribution is 0.528. The number of hydrogen-bond acceptors (Lipinski definition) is 4. The monoisotopic (exact) mass is 333 g/mol. The van der Waals surface area contributed by atoms with Gasteiger partial charge in [0, 0.05) is 17.2 Å². The van der Waals surface area contributed by atoms with Crippen LogP contribution in [0, 0.1) is 0 Å². The molecule has 0 unspecified atom stereocenters. The van der Waals surface area contributed by atoms with Crippen molar-refractivity contribution in [3.05, 3.63) is 51.4 Å². The Labute approximate surface area is 123 Å². The molecule has 3 rings (SSSR count). The zero-order chi connectivity index (χ0) is 14.3. The van der Waals surface area contributed by atoms with E-state index >= 15 is 0 Å². The average molecular weight is 334 g/mol. The smallest absolute Gasteiger partial charge is 0.408 e. The molecule has 20 heavy (non-hydrogen) atoms. The van der Waals surface area contributed by atoms with Gasteiger partial charge in [0.1, 0.15) is 0 Å². The van der Waals surface area contributed by atoms with E-state index in [1.807, 2.05) is 30.3 Å². The number of aryl methyl sites for hydroxylation is 1. The van der Waals surface area contributed by atoms with Gasteiger partial charge in [-0.3, -0.25) is 4.57 Å². The summed E-state index contributed by atoms with van der Waals surface area (Å²) in [6.07, 6.45) is 0. The van der Waals surface area contributed by atoms with Crippen molar-refractivity contribution in [1.29, 1.82) is 0 Å². The fourth-order valence-corrected chi connectivity index (χ4v) is 2.39. The van der Waals surface area contributed by atoms with Gasteiger partial charge in [0.25, 0.3) is 0 Å². The van der Waals surface area contributed by atoms with Crippen molar-refractivity contribution in [2.45, 2.75) is 0 Å². The van der Waals surface area contributed by atoms with Gasteiger partial charge in [0.2, 0.25) is 0 Å². The lowest BCUT2D eigenvalue weighted by Crippen LogP contribution is -2.08. The first-order valence-corrected chi connectivity index (χ1v) is 6.75. The fourth-order valence-electron chi connectivity index (χ4n) is 2.01. The third kappa shape index (κ3) is 2.18. The van der Waals surface area contributed by atoms with Gasteiger partial charge in [-0.15, -0.1) is 0 Å². The normalized spacial score (nSPS) is 10.9. The van der Waals surface area contributed by atoms with Crippen molar-refractivity contribution in [2.75, 3.05) is 11.1 Å². The van der Waals surface area contributed by atoms with Crippen molar-refractivity contribution in [3.63, 3.8) is 0 Å². The first kappa shape index (κ1) is 12.8. The molecule has 0 aliphatic heterocycles. The molecule has 0 aliphatic carbocycles. The minimum Gasteiger partial charge on any atom is -0.408 e. The Morgan fingerprint density at radius 2 is 2.05 bits per heavy atom. The van der Waals surface area contributed by atoms with Crippen LogP contribution in [-0.2, 0) is 7.05 Å². The number of anilines is 3. The summed E-state index contributed by atoms with van der Waals surface area (Å²) in [5.74, 6) is -0.375. The molecule has 0 amide bonds. The number of hydrogen-bond donors (Lipinski definition) is 2. The molecule has 2 aromatic carbocycles. The molecule has 5 nitrogen and oxygen atoms in total. The van der Waals surface area contributed by atoms with Crippen LogP contribution in [0.15, 0.2) is 50.1 Å². The number of nitrogens with one attached hydrogen (secondary N) is 1. The third-order valence-corrected chi connectivity index (χ3v) is 3.58. The van der Waals surface area contributed by atoms with Gasteiger partial charge < -0.3 is 15.5 Å².